The Morgan fingerprint density at radius 2 is 2.38 bits per heavy atom. The van der Waals surface area contributed by atoms with Gasteiger partial charge in [0.25, 0.3) is 0 Å². The predicted molar refractivity (Wildman–Crippen MR) is 61.5 cm³/mol. The molecule has 0 atom stereocenters. The van der Waals surface area contributed by atoms with Gasteiger partial charge in [0.15, 0.2) is 5.65 Å². The van der Waals surface area contributed by atoms with E-state index < -0.39 is 0 Å². The molecular weight excluding hydrogens is 204 g/mol. The van der Waals surface area contributed by atoms with Crippen molar-refractivity contribution in [1.29, 1.82) is 0 Å². The summed E-state index contributed by atoms with van der Waals surface area (Å²) in [5, 5.41) is 10.5. The van der Waals surface area contributed by atoms with Crippen LogP contribution < -0.4 is 11.1 Å². The first kappa shape index (κ1) is 10.4. The van der Waals surface area contributed by atoms with E-state index in [1.165, 1.54) is 6.33 Å². The highest BCUT2D eigenvalue weighted by Crippen LogP contribution is 2.17. The molecule has 0 fully saturated rings. The van der Waals surface area contributed by atoms with Crippen LogP contribution in [-0.2, 0) is 0 Å². The molecule has 0 radical (unpaired) electrons. The van der Waals surface area contributed by atoms with E-state index in [4.69, 9.17) is 5.73 Å². The molecule has 0 bridgehead atoms. The lowest BCUT2D eigenvalue weighted by Crippen LogP contribution is -2.05. The quantitative estimate of drug-likeness (QED) is 0.481. The maximum absolute atomic E-state index is 5.74. The third-order valence-electron chi connectivity index (χ3n) is 2.09. The second-order valence-corrected chi connectivity index (χ2v) is 3.21. The Balaban J connectivity index is 2.33. The van der Waals surface area contributed by atoms with Crippen molar-refractivity contribution in [1.82, 2.24) is 25.5 Å². The molecule has 4 N–H and O–H groups in total. The van der Waals surface area contributed by atoms with Crippen LogP contribution >= 0.6 is 0 Å². The highest BCUT2D eigenvalue weighted by atomic mass is 15.2. The zero-order valence-corrected chi connectivity index (χ0v) is 8.91. The Labute approximate surface area is 92.7 Å². The van der Waals surface area contributed by atoms with Crippen LogP contribution in [0, 0.1) is 11.8 Å². The number of nitrogens with zero attached hydrogens (tertiary/aromatic N) is 3. The summed E-state index contributed by atoms with van der Waals surface area (Å²) in [5.74, 6) is 6.39. The number of hydrogen-bond acceptors (Lipinski definition) is 5. The van der Waals surface area contributed by atoms with Gasteiger partial charge in [-0.05, 0) is 13.0 Å². The van der Waals surface area contributed by atoms with Gasteiger partial charge < -0.3 is 11.1 Å². The lowest BCUT2D eigenvalue weighted by atomic mass is 10.2. The first-order valence-electron chi connectivity index (χ1n) is 4.91. The number of fused-ring (bicyclic) bond motifs is 1. The summed E-state index contributed by atoms with van der Waals surface area (Å²) < 4.78 is 0. The summed E-state index contributed by atoms with van der Waals surface area (Å²) in [4.78, 5) is 7.90. The van der Waals surface area contributed by atoms with Gasteiger partial charge in [0.05, 0.1) is 5.39 Å². The van der Waals surface area contributed by atoms with Crippen LogP contribution in [0.15, 0.2) is 6.33 Å². The molecule has 0 amide bonds. The zero-order valence-electron chi connectivity index (χ0n) is 8.91. The molecule has 0 spiro atoms. The molecule has 0 saturated carbocycles. The van der Waals surface area contributed by atoms with Crippen molar-refractivity contribution in [2.45, 2.75) is 6.42 Å². The maximum Gasteiger partial charge on any atom is 0.187 e. The van der Waals surface area contributed by atoms with Crippen LogP contribution in [0.5, 0.6) is 0 Å². The van der Waals surface area contributed by atoms with Gasteiger partial charge in [-0.3, -0.25) is 5.10 Å². The standard InChI is InChI=1S/C10H12N6/c1-12-5-3-2-4-7-8-9(11)13-6-14-10(8)16-15-7/h6,12H,3,5H2,1H3,(H3,11,13,14,15,16). The average Bonchev–Trinajstić information content (AvgIpc) is 2.69. The minimum atomic E-state index is 0.400. The number of nitrogen functional groups attached to an aromatic ring is 1. The number of anilines is 1. The molecule has 0 aromatic carbocycles. The van der Waals surface area contributed by atoms with E-state index in [2.05, 4.69) is 37.3 Å². The van der Waals surface area contributed by atoms with Crippen LogP contribution in [0.25, 0.3) is 11.0 Å². The van der Waals surface area contributed by atoms with E-state index in [1.807, 2.05) is 7.05 Å². The molecule has 0 aliphatic carbocycles. The van der Waals surface area contributed by atoms with Crippen molar-refractivity contribution < 1.29 is 0 Å². The number of nitrogens with one attached hydrogen (secondary N) is 2. The molecule has 2 heterocycles. The average molecular weight is 216 g/mol. The molecule has 0 unspecified atom stereocenters. The predicted octanol–water partition coefficient (Wildman–Crippen LogP) is -0.104. The third kappa shape index (κ3) is 1.94. The first-order valence-corrected chi connectivity index (χ1v) is 4.91. The molecule has 6 heteroatoms. The minimum absolute atomic E-state index is 0.400. The molecule has 2 aromatic heterocycles. The smallest absolute Gasteiger partial charge is 0.187 e. The Morgan fingerprint density at radius 1 is 1.50 bits per heavy atom. The van der Waals surface area contributed by atoms with Gasteiger partial charge in [-0.1, -0.05) is 5.92 Å². The molecule has 0 aliphatic rings. The van der Waals surface area contributed by atoms with E-state index >= 15 is 0 Å². The molecule has 82 valence electrons. The fraction of sp³-hybridized carbons (Fsp3) is 0.300. The van der Waals surface area contributed by atoms with Crippen molar-refractivity contribution in [3.63, 3.8) is 0 Å². The molecule has 16 heavy (non-hydrogen) atoms. The molecule has 2 rings (SSSR count). The molecule has 6 nitrogen and oxygen atoms in total. The van der Waals surface area contributed by atoms with Crippen molar-refractivity contribution >= 4 is 16.9 Å². The number of hydrogen-bond donors (Lipinski definition) is 3. The van der Waals surface area contributed by atoms with E-state index in [1.54, 1.807) is 0 Å². The number of aromatic amines is 1. The number of rotatable bonds is 2. The van der Waals surface area contributed by atoms with E-state index in [0.29, 0.717) is 22.5 Å². The van der Waals surface area contributed by atoms with Crippen molar-refractivity contribution in [3.8, 4) is 11.8 Å². The summed E-state index contributed by atoms with van der Waals surface area (Å²) in [6, 6.07) is 0. The second-order valence-electron chi connectivity index (χ2n) is 3.21. The Morgan fingerprint density at radius 3 is 3.19 bits per heavy atom. The molecular formula is C10H12N6. The van der Waals surface area contributed by atoms with Gasteiger partial charge in [0.2, 0.25) is 0 Å². The lowest BCUT2D eigenvalue weighted by molar-refractivity contribution is 0.818. The normalized spacial score (nSPS) is 10.1. The topological polar surface area (TPSA) is 92.5 Å². The van der Waals surface area contributed by atoms with Crippen LogP contribution in [0.4, 0.5) is 5.82 Å². The van der Waals surface area contributed by atoms with E-state index in [-0.39, 0.29) is 0 Å². The second kappa shape index (κ2) is 4.59. The largest absolute Gasteiger partial charge is 0.383 e. The zero-order chi connectivity index (χ0) is 11.4. The van der Waals surface area contributed by atoms with Crippen LogP contribution in [0.1, 0.15) is 12.1 Å². The highest BCUT2D eigenvalue weighted by Gasteiger charge is 2.07. The summed E-state index contributed by atoms with van der Waals surface area (Å²) in [6.07, 6.45) is 2.15. The maximum atomic E-state index is 5.74. The van der Waals surface area contributed by atoms with Crippen molar-refractivity contribution in [3.05, 3.63) is 12.0 Å². The van der Waals surface area contributed by atoms with Gasteiger partial charge in [0, 0.05) is 13.0 Å². The lowest BCUT2D eigenvalue weighted by Gasteiger charge is -1.92. The van der Waals surface area contributed by atoms with E-state index in [0.717, 1.165) is 13.0 Å². The fourth-order valence-corrected chi connectivity index (χ4v) is 1.31. The molecule has 2 aromatic rings. The Kier molecular flexibility index (Phi) is 2.98. The summed E-state index contributed by atoms with van der Waals surface area (Å²) in [5.41, 5.74) is 6.96. The monoisotopic (exact) mass is 216 g/mol. The molecule has 0 aliphatic heterocycles. The van der Waals surface area contributed by atoms with Crippen LogP contribution in [-0.4, -0.2) is 33.8 Å². The number of H-pyrrole nitrogens is 1. The van der Waals surface area contributed by atoms with Gasteiger partial charge in [-0.25, -0.2) is 9.97 Å². The summed E-state index contributed by atoms with van der Waals surface area (Å²) in [6.45, 7) is 0.852. The van der Waals surface area contributed by atoms with Gasteiger partial charge in [-0.2, -0.15) is 5.10 Å². The first-order chi connectivity index (χ1) is 7.83. The van der Waals surface area contributed by atoms with Crippen LogP contribution in [0.2, 0.25) is 0 Å². The summed E-state index contributed by atoms with van der Waals surface area (Å²) >= 11 is 0. The summed E-state index contributed by atoms with van der Waals surface area (Å²) in [7, 11) is 1.89. The third-order valence-corrected chi connectivity index (χ3v) is 2.09. The number of nitrogens with two attached hydrogens (primary N) is 1. The fourth-order valence-electron chi connectivity index (χ4n) is 1.31. The molecule has 0 saturated heterocycles. The van der Waals surface area contributed by atoms with Crippen LogP contribution in [0.3, 0.4) is 0 Å². The Hall–Kier alpha value is -2.13. The van der Waals surface area contributed by atoms with Gasteiger partial charge >= 0.3 is 0 Å². The van der Waals surface area contributed by atoms with Crippen molar-refractivity contribution in [2.24, 2.45) is 0 Å². The highest BCUT2D eigenvalue weighted by molar-refractivity contribution is 5.89. The Bertz CT molecular complexity index is 547. The van der Waals surface area contributed by atoms with E-state index in [9.17, 15) is 0 Å². The van der Waals surface area contributed by atoms with Gasteiger partial charge in [0.1, 0.15) is 17.8 Å². The SMILES string of the molecule is CNCCC#Cc1[nH]nc2ncnc(N)c12. The van der Waals surface area contributed by atoms with Gasteiger partial charge in [-0.15, -0.1) is 0 Å². The minimum Gasteiger partial charge on any atom is -0.383 e. The number of aromatic nitrogens is 4. The van der Waals surface area contributed by atoms with Crippen molar-refractivity contribution in [2.75, 3.05) is 19.3 Å².